The second kappa shape index (κ2) is 8.57. The summed E-state index contributed by atoms with van der Waals surface area (Å²) < 4.78 is 14.8. The summed E-state index contributed by atoms with van der Waals surface area (Å²) in [6.07, 6.45) is 3.47. The molecule has 1 aromatic rings. The quantitative estimate of drug-likeness (QED) is 0.738. The fraction of sp³-hybridized carbons (Fsp3) is 0.619. The van der Waals surface area contributed by atoms with Gasteiger partial charge in [-0.3, -0.25) is 15.1 Å². The first kappa shape index (κ1) is 19.3. The highest BCUT2D eigenvalue weighted by Crippen LogP contribution is 2.29. The fourth-order valence-corrected chi connectivity index (χ4v) is 4.65. The third-order valence-corrected chi connectivity index (χ3v) is 6.34. The lowest BCUT2D eigenvalue weighted by atomic mass is 9.90. The largest absolute Gasteiger partial charge is 0.367 e. The van der Waals surface area contributed by atoms with Gasteiger partial charge >= 0.3 is 0 Å². The van der Waals surface area contributed by atoms with Crippen LogP contribution in [0.15, 0.2) is 18.2 Å². The maximum Gasteiger partial charge on any atom is 0.225 e. The zero-order chi connectivity index (χ0) is 19.5. The third kappa shape index (κ3) is 4.36. The van der Waals surface area contributed by atoms with E-state index in [2.05, 4.69) is 20.4 Å². The Bertz CT molecular complexity index is 726. The van der Waals surface area contributed by atoms with Crippen LogP contribution in [0, 0.1) is 17.1 Å². The highest BCUT2D eigenvalue weighted by molar-refractivity contribution is 6.02. The number of piperazine rings is 1. The summed E-state index contributed by atoms with van der Waals surface area (Å²) in [5.74, 6) is 0.392. The predicted molar refractivity (Wildman–Crippen MR) is 108 cm³/mol. The van der Waals surface area contributed by atoms with E-state index < -0.39 is 0 Å². The SMILES string of the molecule is N=C1NC(=O)CCC1c1ccc(N2CCN(CC3CCNCC3)CC2)c(F)c1. The minimum atomic E-state index is -0.228. The smallest absolute Gasteiger partial charge is 0.225 e. The lowest BCUT2D eigenvalue weighted by Crippen LogP contribution is -2.48. The van der Waals surface area contributed by atoms with Crippen LogP contribution in [-0.2, 0) is 4.79 Å². The second-order valence-corrected chi connectivity index (χ2v) is 8.24. The van der Waals surface area contributed by atoms with E-state index >= 15 is 0 Å². The van der Waals surface area contributed by atoms with Gasteiger partial charge in [-0.2, -0.15) is 0 Å². The third-order valence-electron chi connectivity index (χ3n) is 6.34. The van der Waals surface area contributed by atoms with Crippen LogP contribution in [0.5, 0.6) is 0 Å². The first-order valence-electron chi connectivity index (χ1n) is 10.5. The summed E-state index contributed by atoms with van der Waals surface area (Å²) in [5.41, 5.74) is 1.42. The number of piperidine rings is 2. The van der Waals surface area contributed by atoms with Crippen molar-refractivity contribution >= 4 is 17.4 Å². The van der Waals surface area contributed by atoms with Gasteiger partial charge in [0.25, 0.3) is 0 Å². The molecular weight excluding hydrogens is 357 g/mol. The van der Waals surface area contributed by atoms with E-state index in [1.54, 1.807) is 6.07 Å². The van der Waals surface area contributed by atoms with Crippen molar-refractivity contribution in [3.05, 3.63) is 29.6 Å². The zero-order valence-corrected chi connectivity index (χ0v) is 16.3. The maximum atomic E-state index is 14.8. The van der Waals surface area contributed by atoms with Gasteiger partial charge in [0.1, 0.15) is 11.7 Å². The van der Waals surface area contributed by atoms with E-state index in [1.165, 1.54) is 12.8 Å². The summed E-state index contributed by atoms with van der Waals surface area (Å²) in [7, 11) is 0. The van der Waals surface area contributed by atoms with Gasteiger partial charge in [-0.25, -0.2) is 4.39 Å². The Balaban J connectivity index is 1.35. The molecule has 0 bridgehead atoms. The number of nitrogens with zero attached hydrogens (tertiary/aromatic N) is 2. The van der Waals surface area contributed by atoms with Crippen molar-refractivity contribution in [2.75, 3.05) is 50.7 Å². The van der Waals surface area contributed by atoms with Crippen molar-refractivity contribution in [2.24, 2.45) is 5.92 Å². The van der Waals surface area contributed by atoms with Gasteiger partial charge in [0.15, 0.2) is 0 Å². The van der Waals surface area contributed by atoms with Gasteiger partial charge in [0.05, 0.1) is 5.69 Å². The van der Waals surface area contributed by atoms with Gasteiger partial charge in [0.2, 0.25) is 5.91 Å². The van der Waals surface area contributed by atoms with E-state index in [0.717, 1.165) is 57.3 Å². The van der Waals surface area contributed by atoms with E-state index in [1.807, 2.05) is 12.1 Å². The number of hydrogen-bond donors (Lipinski definition) is 3. The molecule has 152 valence electrons. The number of carbonyl (C=O) groups is 1. The lowest BCUT2D eigenvalue weighted by Gasteiger charge is -2.38. The van der Waals surface area contributed by atoms with Crippen LogP contribution in [0.2, 0.25) is 0 Å². The van der Waals surface area contributed by atoms with Crippen LogP contribution in [0.1, 0.15) is 37.2 Å². The highest BCUT2D eigenvalue weighted by atomic mass is 19.1. The van der Waals surface area contributed by atoms with Crippen molar-refractivity contribution in [1.29, 1.82) is 5.41 Å². The number of nitrogens with one attached hydrogen (secondary N) is 3. The van der Waals surface area contributed by atoms with Crippen molar-refractivity contribution in [2.45, 2.75) is 31.6 Å². The minimum Gasteiger partial charge on any atom is -0.367 e. The Morgan fingerprint density at radius 3 is 2.54 bits per heavy atom. The fourth-order valence-electron chi connectivity index (χ4n) is 4.65. The Morgan fingerprint density at radius 1 is 1.11 bits per heavy atom. The molecule has 1 aromatic carbocycles. The van der Waals surface area contributed by atoms with Crippen molar-refractivity contribution < 1.29 is 9.18 Å². The Hall–Kier alpha value is -1.99. The van der Waals surface area contributed by atoms with Gasteiger partial charge in [0, 0.05) is 45.1 Å². The standard InChI is InChI=1S/C21H30FN5O/c22-18-13-16(17-2-4-20(28)25-21(17)23)1-3-19(18)27-11-9-26(10-12-27)14-15-5-7-24-8-6-15/h1,3,13,15,17,24H,2,4-12,14H2,(H2,23,25,28). The van der Waals surface area contributed by atoms with E-state index in [-0.39, 0.29) is 23.5 Å². The minimum absolute atomic E-state index is 0.124. The molecule has 0 spiro atoms. The second-order valence-electron chi connectivity index (χ2n) is 8.24. The summed E-state index contributed by atoms with van der Waals surface area (Å²) in [4.78, 5) is 16.0. The number of anilines is 1. The molecule has 3 saturated heterocycles. The Labute approximate surface area is 166 Å². The predicted octanol–water partition coefficient (Wildman–Crippen LogP) is 1.92. The first-order valence-corrected chi connectivity index (χ1v) is 10.5. The molecular formula is C21H30FN5O. The summed E-state index contributed by atoms with van der Waals surface area (Å²) >= 11 is 0. The van der Waals surface area contributed by atoms with Crippen LogP contribution in [-0.4, -0.2) is 62.5 Å². The van der Waals surface area contributed by atoms with Gasteiger partial charge in [-0.15, -0.1) is 0 Å². The molecule has 7 heteroatoms. The highest BCUT2D eigenvalue weighted by Gasteiger charge is 2.27. The molecule has 3 N–H and O–H groups in total. The topological polar surface area (TPSA) is 71.5 Å². The van der Waals surface area contributed by atoms with Crippen molar-refractivity contribution in [1.82, 2.24) is 15.5 Å². The lowest BCUT2D eigenvalue weighted by molar-refractivity contribution is -0.120. The molecule has 6 nitrogen and oxygen atoms in total. The first-order chi connectivity index (χ1) is 13.6. The van der Waals surface area contributed by atoms with Crippen molar-refractivity contribution in [3.8, 4) is 0 Å². The van der Waals surface area contributed by atoms with Gasteiger partial charge in [-0.05, 0) is 56.0 Å². The molecule has 1 atom stereocenters. The van der Waals surface area contributed by atoms with Gasteiger partial charge in [-0.1, -0.05) is 6.07 Å². The molecule has 3 fully saturated rings. The Morgan fingerprint density at radius 2 is 1.86 bits per heavy atom. The van der Waals surface area contributed by atoms with Crippen LogP contribution in [0.4, 0.5) is 10.1 Å². The molecule has 4 rings (SSSR count). The normalized spacial score (nSPS) is 25.0. The molecule has 3 aliphatic rings. The van der Waals surface area contributed by atoms with Crippen molar-refractivity contribution in [3.63, 3.8) is 0 Å². The average molecular weight is 388 g/mol. The molecule has 1 unspecified atom stereocenters. The molecule has 1 amide bonds. The molecule has 0 radical (unpaired) electrons. The van der Waals surface area contributed by atoms with E-state index in [4.69, 9.17) is 5.41 Å². The zero-order valence-electron chi connectivity index (χ0n) is 16.3. The average Bonchev–Trinajstić information content (AvgIpc) is 2.69. The molecule has 0 saturated carbocycles. The number of carbonyl (C=O) groups excluding carboxylic acids is 1. The number of rotatable bonds is 4. The number of halogens is 1. The van der Waals surface area contributed by atoms with Gasteiger partial charge < -0.3 is 15.5 Å². The van der Waals surface area contributed by atoms with E-state index in [9.17, 15) is 9.18 Å². The van der Waals surface area contributed by atoms with Crippen LogP contribution in [0.3, 0.4) is 0 Å². The summed E-state index contributed by atoms with van der Waals surface area (Å²) in [6.45, 7) is 7.06. The number of hydrogen-bond acceptors (Lipinski definition) is 5. The summed E-state index contributed by atoms with van der Waals surface area (Å²) in [5, 5.41) is 14.0. The molecule has 0 aromatic heterocycles. The molecule has 3 heterocycles. The number of amides is 1. The van der Waals surface area contributed by atoms with Crippen LogP contribution < -0.4 is 15.5 Å². The summed E-state index contributed by atoms with van der Waals surface area (Å²) in [6, 6.07) is 5.31. The Kier molecular flexibility index (Phi) is 5.92. The maximum absolute atomic E-state index is 14.8. The molecule has 0 aliphatic carbocycles. The number of amidine groups is 1. The van der Waals surface area contributed by atoms with E-state index in [0.29, 0.717) is 18.5 Å². The molecule has 28 heavy (non-hydrogen) atoms. The number of benzene rings is 1. The monoisotopic (exact) mass is 387 g/mol. The van der Waals surface area contributed by atoms with Crippen LogP contribution in [0.25, 0.3) is 0 Å². The molecule has 3 aliphatic heterocycles. The van der Waals surface area contributed by atoms with Crippen LogP contribution >= 0.6 is 0 Å².